The summed E-state index contributed by atoms with van der Waals surface area (Å²) in [4.78, 5) is 0. The molecule has 0 saturated carbocycles. The van der Waals surface area contributed by atoms with E-state index in [4.69, 9.17) is 0 Å². The van der Waals surface area contributed by atoms with Crippen molar-refractivity contribution in [2.75, 3.05) is 0 Å². The first-order valence-corrected chi connectivity index (χ1v) is 2.32. The van der Waals surface area contributed by atoms with Crippen LogP contribution in [0, 0.1) is 13.3 Å². The maximum Gasteiger partial charge on any atom is -0.0198 e. The lowest BCUT2D eigenvalue weighted by Crippen LogP contribution is -1.50. The van der Waals surface area contributed by atoms with Crippen molar-refractivity contribution < 1.29 is 0 Å². The molecule has 0 aromatic rings. The van der Waals surface area contributed by atoms with Gasteiger partial charge in [0, 0.05) is 0 Å². The highest BCUT2D eigenvalue weighted by Gasteiger charge is 1.58. The molecule has 0 aliphatic carbocycles. The molecule has 0 aromatic carbocycles. The number of rotatable bonds is 2. The van der Waals surface area contributed by atoms with Crippen LogP contribution in [-0.4, -0.2) is 0 Å². The molecular weight excluding hydrogens is 84.1 g/mol. The standard InChI is InChI=1S/C7H10/c1-3-5-7-6-4-2/h3-7H,1H2,2H3. The van der Waals surface area contributed by atoms with Crippen molar-refractivity contribution in [2.45, 2.75) is 6.92 Å². The summed E-state index contributed by atoms with van der Waals surface area (Å²) in [6.45, 7) is 5.49. The summed E-state index contributed by atoms with van der Waals surface area (Å²) in [6.07, 6.45) is 9.51. The molecule has 38 valence electrons. The molecule has 0 atom stereocenters. The van der Waals surface area contributed by atoms with Crippen LogP contribution in [0.1, 0.15) is 6.92 Å². The van der Waals surface area contributed by atoms with E-state index in [1.165, 1.54) is 0 Å². The Morgan fingerprint density at radius 2 is 1.86 bits per heavy atom. The van der Waals surface area contributed by atoms with Crippen LogP contribution in [0.15, 0.2) is 24.3 Å². The van der Waals surface area contributed by atoms with Gasteiger partial charge < -0.3 is 0 Å². The second-order valence-corrected chi connectivity index (χ2v) is 1.15. The molecule has 0 aliphatic heterocycles. The van der Waals surface area contributed by atoms with Gasteiger partial charge in [0.1, 0.15) is 0 Å². The van der Waals surface area contributed by atoms with Crippen LogP contribution in [0.25, 0.3) is 0 Å². The Labute approximate surface area is 45.5 Å². The first kappa shape index (κ1) is 6.48. The van der Waals surface area contributed by atoms with E-state index in [1.807, 2.05) is 31.6 Å². The van der Waals surface area contributed by atoms with Crippen molar-refractivity contribution in [3.63, 3.8) is 0 Å². The Morgan fingerprint density at radius 3 is 2.29 bits per heavy atom. The summed E-state index contributed by atoms with van der Waals surface area (Å²) in [7, 11) is 0. The fourth-order valence-electron chi connectivity index (χ4n) is 0.254. The van der Waals surface area contributed by atoms with Crippen molar-refractivity contribution in [3.05, 3.63) is 37.6 Å². The largest absolute Gasteiger partial charge is 0.0842 e. The molecule has 0 amide bonds. The van der Waals surface area contributed by atoms with Crippen LogP contribution in [0.4, 0.5) is 0 Å². The van der Waals surface area contributed by atoms with E-state index in [0.29, 0.717) is 0 Å². The highest BCUT2D eigenvalue weighted by molar-refractivity contribution is 5.06. The topological polar surface area (TPSA) is 0 Å². The van der Waals surface area contributed by atoms with Gasteiger partial charge in [-0.2, -0.15) is 0 Å². The van der Waals surface area contributed by atoms with Gasteiger partial charge in [0.2, 0.25) is 0 Å². The zero-order valence-corrected chi connectivity index (χ0v) is 4.59. The minimum Gasteiger partial charge on any atom is -0.0842 e. The molecule has 2 radical (unpaired) electrons. The molecule has 0 heterocycles. The molecule has 0 aromatic heterocycles. The normalized spacial score (nSPS) is 11.7. The minimum atomic E-state index is 1.75. The van der Waals surface area contributed by atoms with Gasteiger partial charge in [-0.25, -0.2) is 0 Å². The van der Waals surface area contributed by atoms with Gasteiger partial charge in [0.25, 0.3) is 0 Å². The summed E-state index contributed by atoms with van der Waals surface area (Å²) in [5, 5.41) is 0. The monoisotopic (exact) mass is 94.1 g/mol. The van der Waals surface area contributed by atoms with Crippen molar-refractivity contribution in [3.8, 4) is 0 Å². The van der Waals surface area contributed by atoms with Crippen molar-refractivity contribution in [1.29, 1.82) is 0 Å². The van der Waals surface area contributed by atoms with Crippen molar-refractivity contribution in [1.82, 2.24) is 0 Å². The number of allylic oxidation sites excluding steroid dienone is 4. The third kappa shape index (κ3) is 5.48. The van der Waals surface area contributed by atoms with Crippen molar-refractivity contribution in [2.24, 2.45) is 0 Å². The lowest BCUT2D eigenvalue weighted by molar-refractivity contribution is 1.56. The second kappa shape index (κ2) is 5.48. The molecule has 7 heavy (non-hydrogen) atoms. The van der Waals surface area contributed by atoms with Gasteiger partial charge >= 0.3 is 0 Å². The molecule has 0 spiro atoms. The molecule has 0 nitrogen and oxygen atoms in total. The summed E-state index contributed by atoms with van der Waals surface area (Å²) in [6, 6.07) is 0. The van der Waals surface area contributed by atoms with Gasteiger partial charge in [-0.1, -0.05) is 31.2 Å². The van der Waals surface area contributed by atoms with Crippen LogP contribution in [0.5, 0.6) is 0 Å². The van der Waals surface area contributed by atoms with Crippen LogP contribution >= 0.6 is 0 Å². The highest BCUT2D eigenvalue weighted by atomic mass is 13.6. The molecule has 0 N–H and O–H groups in total. The van der Waals surface area contributed by atoms with Gasteiger partial charge in [0.05, 0.1) is 0 Å². The highest BCUT2D eigenvalue weighted by Crippen LogP contribution is 1.77. The van der Waals surface area contributed by atoms with E-state index in [2.05, 4.69) is 6.92 Å². The third-order valence-corrected chi connectivity index (χ3v) is 0.551. The molecular formula is C7H10. The average molecular weight is 94.2 g/mol. The zero-order valence-electron chi connectivity index (χ0n) is 4.59. The molecule has 0 aliphatic rings. The van der Waals surface area contributed by atoms with E-state index in [1.54, 1.807) is 6.08 Å². The average Bonchev–Trinajstić information content (AvgIpc) is 1.69. The van der Waals surface area contributed by atoms with Crippen molar-refractivity contribution >= 4 is 0 Å². The summed E-state index contributed by atoms with van der Waals surface area (Å²) in [5.74, 6) is 0. The minimum absolute atomic E-state index is 1.75. The molecule has 0 heteroatoms. The lowest BCUT2D eigenvalue weighted by atomic mass is 10.4. The second-order valence-electron chi connectivity index (χ2n) is 1.15. The predicted molar refractivity (Wildman–Crippen MR) is 33.6 cm³/mol. The Kier molecular flexibility index (Phi) is 5.07. The molecule has 0 unspecified atom stereocenters. The number of hydrogen-bond donors (Lipinski definition) is 0. The predicted octanol–water partition coefficient (Wildman–Crippen LogP) is 2.16. The number of hydrogen-bond acceptors (Lipinski definition) is 0. The third-order valence-electron chi connectivity index (χ3n) is 0.551. The molecule has 0 bridgehead atoms. The Hall–Kier alpha value is -0.520. The van der Waals surface area contributed by atoms with E-state index >= 15 is 0 Å². The van der Waals surface area contributed by atoms with Crippen LogP contribution < -0.4 is 0 Å². The molecule has 0 saturated heterocycles. The maximum absolute atomic E-state index is 3.51. The van der Waals surface area contributed by atoms with E-state index in [0.717, 1.165) is 0 Å². The van der Waals surface area contributed by atoms with Crippen LogP contribution in [0.3, 0.4) is 0 Å². The smallest absolute Gasteiger partial charge is 0.0198 e. The van der Waals surface area contributed by atoms with Crippen LogP contribution in [0.2, 0.25) is 0 Å². The van der Waals surface area contributed by atoms with Gasteiger partial charge in [-0.3, -0.25) is 0 Å². The fraction of sp³-hybridized carbons (Fsp3) is 0.143. The van der Waals surface area contributed by atoms with E-state index in [-0.39, 0.29) is 0 Å². The maximum atomic E-state index is 3.51. The molecule has 0 rings (SSSR count). The van der Waals surface area contributed by atoms with Gasteiger partial charge in [-0.05, 0) is 13.3 Å². The quantitative estimate of drug-likeness (QED) is 0.460. The summed E-state index contributed by atoms with van der Waals surface area (Å²) >= 11 is 0. The van der Waals surface area contributed by atoms with E-state index in [9.17, 15) is 0 Å². The van der Waals surface area contributed by atoms with Gasteiger partial charge in [0.15, 0.2) is 0 Å². The Bertz CT molecular complexity index is 68.1. The molecule has 0 fully saturated rings. The van der Waals surface area contributed by atoms with Crippen LogP contribution in [-0.2, 0) is 0 Å². The summed E-state index contributed by atoms with van der Waals surface area (Å²) < 4.78 is 0. The first-order valence-electron chi connectivity index (χ1n) is 2.32. The Balaban J connectivity index is 3.09. The fourth-order valence-corrected chi connectivity index (χ4v) is 0.254. The first-order chi connectivity index (χ1) is 3.41. The van der Waals surface area contributed by atoms with Gasteiger partial charge in [-0.15, -0.1) is 0 Å². The lowest BCUT2D eigenvalue weighted by Gasteiger charge is -1.69. The summed E-state index contributed by atoms with van der Waals surface area (Å²) in [5.41, 5.74) is 0. The zero-order chi connectivity index (χ0) is 5.54. The Morgan fingerprint density at radius 1 is 1.14 bits per heavy atom. The SMILES string of the molecule is [CH2]C=CC=C[CH]C. The van der Waals surface area contributed by atoms with E-state index < -0.39 is 0 Å².